The van der Waals surface area contributed by atoms with Crippen LogP contribution in [0.2, 0.25) is 0 Å². The van der Waals surface area contributed by atoms with Gasteiger partial charge in [-0.3, -0.25) is 9.36 Å². The first kappa shape index (κ1) is 23.6. The second-order valence-corrected chi connectivity index (χ2v) is 8.82. The monoisotopic (exact) mass is 476 g/mol. The van der Waals surface area contributed by atoms with Crippen molar-refractivity contribution in [1.29, 1.82) is 0 Å². The van der Waals surface area contributed by atoms with E-state index in [1.807, 2.05) is 47.0 Å². The van der Waals surface area contributed by atoms with E-state index in [-0.39, 0.29) is 18.3 Å². The number of hydrogen-bond donors (Lipinski definition) is 0. The minimum Gasteiger partial charge on any atom is -0.486 e. The minimum absolute atomic E-state index is 0.00975. The van der Waals surface area contributed by atoms with E-state index in [0.717, 1.165) is 23.5 Å². The molecule has 0 unspecified atom stereocenters. The molecule has 7 nitrogen and oxygen atoms in total. The third-order valence-electron chi connectivity index (χ3n) is 5.40. The topological polar surface area (TPSA) is 73.4 Å². The maximum atomic E-state index is 12.7. The molecule has 0 aliphatic heterocycles. The van der Waals surface area contributed by atoms with E-state index in [1.54, 1.807) is 18.2 Å². The number of rotatable bonds is 11. The lowest BCUT2D eigenvalue weighted by atomic mass is 10.2. The molecule has 2 heterocycles. The summed E-state index contributed by atoms with van der Waals surface area (Å²) in [5.74, 6) is 2.49. The highest BCUT2D eigenvalue weighted by atomic mass is 32.2. The lowest BCUT2D eigenvalue weighted by molar-refractivity contribution is -0.127. The predicted molar refractivity (Wildman–Crippen MR) is 132 cm³/mol. The largest absolute Gasteiger partial charge is 0.486 e. The van der Waals surface area contributed by atoms with Crippen LogP contribution in [0, 0.1) is 0 Å². The van der Waals surface area contributed by atoms with Gasteiger partial charge < -0.3 is 14.1 Å². The summed E-state index contributed by atoms with van der Waals surface area (Å²) in [4.78, 5) is 14.3. The lowest BCUT2D eigenvalue weighted by Crippen LogP contribution is -2.27. The number of amides is 1. The molecule has 0 atom stereocenters. The molecule has 8 heteroatoms. The van der Waals surface area contributed by atoms with Crippen molar-refractivity contribution >= 4 is 17.7 Å². The Labute approximate surface area is 203 Å². The number of ether oxygens (including phenoxy) is 1. The van der Waals surface area contributed by atoms with Gasteiger partial charge in [0.25, 0.3) is 0 Å². The average molecular weight is 477 g/mol. The maximum absolute atomic E-state index is 12.7. The summed E-state index contributed by atoms with van der Waals surface area (Å²) >= 11 is 1.37. The fourth-order valence-corrected chi connectivity index (χ4v) is 4.28. The molecule has 0 aliphatic rings. The zero-order valence-electron chi connectivity index (χ0n) is 19.4. The third kappa shape index (κ3) is 6.29. The number of nitrogens with zero attached hydrogens (tertiary/aromatic N) is 4. The Hall–Kier alpha value is -3.52. The SMILES string of the molecule is CCc1ccc(OCc2nnc(SCC(=O)N(C)Cc3ccco3)n2Cc2ccccc2)cc1. The summed E-state index contributed by atoms with van der Waals surface area (Å²) < 4.78 is 13.3. The van der Waals surface area contributed by atoms with E-state index in [4.69, 9.17) is 9.15 Å². The Morgan fingerprint density at radius 1 is 1.03 bits per heavy atom. The molecule has 176 valence electrons. The predicted octanol–water partition coefficient (Wildman–Crippen LogP) is 4.81. The number of carbonyl (C=O) groups is 1. The van der Waals surface area contributed by atoms with Crippen LogP contribution in [0.4, 0.5) is 0 Å². The molecule has 0 spiro atoms. The van der Waals surface area contributed by atoms with Gasteiger partial charge in [0.15, 0.2) is 11.0 Å². The standard InChI is InChI=1S/C26H28N4O3S/c1-3-20-11-13-22(14-12-20)33-18-24-27-28-26(30(24)16-21-8-5-4-6-9-21)34-19-25(31)29(2)17-23-10-7-15-32-23/h4-15H,3,16-19H2,1-2H3. The first-order valence-corrected chi connectivity index (χ1v) is 12.2. The van der Waals surface area contributed by atoms with Gasteiger partial charge in [-0.1, -0.05) is 61.2 Å². The Morgan fingerprint density at radius 2 is 1.82 bits per heavy atom. The van der Waals surface area contributed by atoms with Crippen molar-refractivity contribution in [2.75, 3.05) is 12.8 Å². The Kier molecular flexibility index (Phi) is 8.04. The van der Waals surface area contributed by atoms with E-state index < -0.39 is 0 Å². The number of hydrogen-bond acceptors (Lipinski definition) is 6. The van der Waals surface area contributed by atoms with Crippen LogP contribution in [-0.2, 0) is 30.9 Å². The second kappa shape index (κ2) is 11.6. The van der Waals surface area contributed by atoms with E-state index >= 15 is 0 Å². The molecule has 0 N–H and O–H groups in total. The van der Waals surface area contributed by atoms with Crippen LogP contribution in [0.15, 0.2) is 82.6 Å². The summed E-state index contributed by atoms with van der Waals surface area (Å²) in [6.07, 6.45) is 2.60. The average Bonchev–Trinajstić information content (AvgIpc) is 3.52. The molecule has 4 rings (SSSR count). The number of furan rings is 1. The van der Waals surface area contributed by atoms with E-state index in [2.05, 4.69) is 41.4 Å². The van der Waals surface area contributed by atoms with Crippen LogP contribution in [-0.4, -0.2) is 38.4 Å². The van der Waals surface area contributed by atoms with Gasteiger partial charge in [-0.05, 0) is 41.8 Å². The fourth-order valence-electron chi connectivity index (χ4n) is 3.39. The van der Waals surface area contributed by atoms with Crippen molar-refractivity contribution in [3.63, 3.8) is 0 Å². The Bertz CT molecular complexity index is 1170. The first-order chi connectivity index (χ1) is 16.6. The highest BCUT2D eigenvalue weighted by molar-refractivity contribution is 7.99. The van der Waals surface area contributed by atoms with Crippen LogP contribution in [0.5, 0.6) is 5.75 Å². The molecule has 34 heavy (non-hydrogen) atoms. The van der Waals surface area contributed by atoms with Gasteiger partial charge in [-0.15, -0.1) is 10.2 Å². The van der Waals surface area contributed by atoms with Crippen molar-refractivity contribution in [3.05, 3.63) is 95.7 Å². The fraction of sp³-hybridized carbons (Fsp3) is 0.269. The van der Waals surface area contributed by atoms with Crippen LogP contribution in [0.25, 0.3) is 0 Å². The van der Waals surface area contributed by atoms with Crippen LogP contribution < -0.4 is 4.74 Å². The van der Waals surface area contributed by atoms with Gasteiger partial charge in [-0.2, -0.15) is 0 Å². The molecule has 0 saturated heterocycles. The van der Waals surface area contributed by atoms with Gasteiger partial charge in [0.2, 0.25) is 5.91 Å². The lowest BCUT2D eigenvalue weighted by Gasteiger charge is -2.16. The van der Waals surface area contributed by atoms with Crippen molar-refractivity contribution < 1.29 is 13.9 Å². The molecule has 4 aromatic rings. The summed E-state index contributed by atoms with van der Waals surface area (Å²) in [5.41, 5.74) is 2.39. The first-order valence-electron chi connectivity index (χ1n) is 11.2. The molecule has 2 aromatic heterocycles. The maximum Gasteiger partial charge on any atom is 0.233 e. The molecule has 2 aromatic carbocycles. The van der Waals surface area contributed by atoms with Crippen LogP contribution in [0.3, 0.4) is 0 Å². The minimum atomic E-state index is -0.00975. The summed E-state index contributed by atoms with van der Waals surface area (Å²) in [6.45, 7) is 3.44. The van der Waals surface area contributed by atoms with Crippen LogP contribution in [0.1, 0.15) is 29.6 Å². The van der Waals surface area contributed by atoms with Gasteiger partial charge in [0, 0.05) is 7.05 Å². The number of benzene rings is 2. The van der Waals surface area contributed by atoms with Crippen LogP contribution >= 0.6 is 11.8 Å². The smallest absolute Gasteiger partial charge is 0.233 e. The Balaban J connectivity index is 1.44. The van der Waals surface area contributed by atoms with Gasteiger partial charge in [-0.25, -0.2) is 0 Å². The number of aryl methyl sites for hydroxylation is 1. The van der Waals surface area contributed by atoms with Crippen molar-refractivity contribution in [2.45, 2.75) is 38.2 Å². The normalized spacial score (nSPS) is 10.9. The summed E-state index contributed by atoms with van der Waals surface area (Å²) in [6, 6.07) is 21.9. The third-order valence-corrected chi connectivity index (χ3v) is 6.35. The second-order valence-electron chi connectivity index (χ2n) is 7.87. The zero-order valence-corrected chi connectivity index (χ0v) is 20.2. The number of aromatic nitrogens is 3. The van der Waals surface area contributed by atoms with Gasteiger partial charge in [0.05, 0.1) is 25.1 Å². The van der Waals surface area contributed by atoms with Crippen molar-refractivity contribution in [3.8, 4) is 5.75 Å². The summed E-state index contributed by atoms with van der Waals surface area (Å²) in [5, 5.41) is 9.42. The molecule has 0 aliphatic carbocycles. The highest BCUT2D eigenvalue weighted by Crippen LogP contribution is 2.21. The highest BCUT2D eigenvalue weighted by Gasteiger charge is 2.17. The summed E-state index contributed by atoms with van der Waals surface area (Å²) in [7, 11) is 1.77. The molecule has 0 radical (unpaired) electrons. The Morgan fingerprint density at radius 3 is 2.53 bits per heavy atom. The molecular formula is C26H28N4O3S. The zero-order chi connectivity index (χ0) is 23.8. The van der Waals surface area contributed by atoms with E-state index in [1.165, 1.54) is 17.3 Å². The van der Waals surface area contributed by atoms with Gasteiger partial charge >= 0.3 is 0 Å². The number of thioether (sulfide) groups is 1. The molecule has 0 saturated carbocycles. The molecular weight excluding hydrogens is 448 g/mol. The number of carbonyl (C=O) groups excluding carboxylic acids is 1. The van der Waals surface area contributed by atoms with Crippen molar-refractivity contribution in [1.82, 2.24) is 19.7 Å². The quantitative estimate of drug-likeness (QED) is 0.289. The van der Waals surface area contributed by atoms with Crippen molar-refractivity contribution in [2.24, 2.45) is 0 Å². The van der Waals surface area contributed by atoms with E-state index in [0.29, 0.717) is 24.1 Å². The molecule has 1 amide bonds. The molecule has 0 fully saturated rings. The van der Waals surface area contributed by atoms with E-state index in [9.17, 15) is 4.79 Å². The molecule has 0 bridgehead atoms. The van der Waals surface area contributed by atoms with Gasteiger partial charge in [0.1, 0.15) is 18.1 Å².